The Labute approximate surface area is 109 Å². The standard InChI is InChI=1S/C12H13FN2O3S/c13-9-4-1-5-10-11(9)15-12(18-10)14-8-3-2-6-19(16,17)7-8/h1,4-5,8H,2-3,6-7H2,(H,14,15). The fourth-order valence-corrected chi connectivity index (χ4v) is 3.92. The van der Waals surface area contributed by atoms with E-state index in [9.17, 15) is 12.8 Å². The molecule has 19 heavy (non-hydrogen) atoms. The highest BCUT2D eigenvalue weighted by molar-refractivity contribution is 7.91. The molecule has 0 bridgehead atoms. The van der Waals surface area contributed by atoms with Gasteiger partial charge in [-0.1, -0.05) is 6.07 Å². The lowest BCUT2D eigenvalue weighted by molar-refractivity contribution is 0.548. The van der Waals surface area contributed by atoms with Crippen LogP contribution in [0.25, 0.3) is 11.1 Å². The molecule has 1 aliphatic heterocycles. The molecule has 1 saturated heterocycles. The molecule has 7 heteroatoms. The first kappa shape index (κ1) is 12.4. The van der Waals surface area contributed by atoms with E-state index in [0.29, 0.717) is 12.0 Å². The molecule has 1 unspecified atom stereocenters. The smallest absolute Gasteiger partial charge is 0.296 e. The molecule has 3 rings (SSSR count). The van der Waals surface area contributed by atoms with E-state index in [1.54, 1.807) is 6.07 Å². The van der Waals surface area contributed by atoms with Crippen molar-refractivity contribution in [3.8, 4) is 0 Å². The first-order valence-corrected chi connectivity index (χ1v) is 7.88. The summed E-state index contributed by atoms with van der Waals surface area (Å²) >= 11 is 0. The van der Waals surface area contributed by atoms with Crippen molar-refractivity contribution < 1.29 is 17.2 Å². The average Bonchev–Trinajstić information content (AvgIpc) is 2.71. The average molecular weight is 284 g/mol. The Morgan fingerprint density at radius 3 is 3.00 bits per heavy atom. The van der Waals surface area contributed by atoms with Crippen molar-refractivity contribution in [1.29, 1.82) is 0 Å². The number of aromatic nitrogens is 1. The molecule has 1 aliphatic rings. The molecule has 102 valence electrons. The number of hydrogen-bond acceptors (Lipinski definition) is 5. The predicted molar refractivity (Wildman–Crippen MR) is 69.3 cm³/mol. The minimum Gasteiger partial charge on any atom is -0.423 e. The zero-order chi connectivity index (χ0) is 13.5. The highest BCUT2D eigenvalue weighted by atomic mass is 32.2. The molecule has 2 aromatic rings. The van der Waals surface area contributed by atoms with Crippen LogP contribution in [-0.4, -0.2) is 30.9 Å². The van der Waals surface area contributed by atoms with Crippen LogP contribution in [-0.2, 0) is 9.84 Å². The quantitative estimate of drug-likeness (QED) is 0.912. The van der Waals surface area contributed by atoms with E-state index in [-0.39, 0.29) is 29.1 Å². The van der Waals surface area contributed by atoms with Crippen LogP contribution in [0.2, 0.25) is 0 Å². The lowest BCUT2D eigenvalue weighted by Crippen LogP contribution is -2.34. The zero-order valence-electron chi connectivity index (χ0n) is 10.1. The molecule has 0 aliphatic carbocycles. The molecule has 0 amide bonds. The molecule has 1 N–H and O–H groups in total. The Morgan fingerprint density at radius 1 is 1.42 bits per heavy atom. The summed E-state index contributed by atoms with van der Waals surface area (Å²) in [6, 6.07) is 4.41. The lowest BCUT2D eigenvalue weighted by Gasteiger charge is -2.21. The minimum absolute atomic E-state index is 0.0637. The number of nitrogens with zero attached hydrogens (tertiary/aromatic N) is 1. The van der Waals surface area contributed by atoms with E-state index in [0.717, 1.165) is 6.42 Å². The molecule has 1 aromatic heterocycles. The van der Waals surface area contributed by atoms with E-state index >= 15 is 0 Å². The number of nitrogens with one attached hydrogen (secondary N) is 1. The van der Waals surface area contributed by atoms with Crippen molar-refractivity contribution in [2.45, 2.75) is 18.9 Å². The molecule has 0 radical (unpaired) electrons. The molecule has 1 atom stereocenters. The first-order valence-electron chi connectivity index (χ1n) is 6.05. The third-order valence-corrected chi connectivity index (χ3v) is 4.98. The van der Waals surface area contributed by atoms with Gasteiger partial charge in [-0.25, -0.2) is 12.8 Å². The SMILES string of the molecule is O=S1(=O)CCCC(Nc2nc3c(F)cccc3o2)C1. The number of para-hydroxylation sites is 1. The summed E-state index contributed by atoms with van der Waals surface area (Å²) in [5.41, 5.74) is 0.504. The second-order valence-electron chi connectivity index (χ2n) is 4.70. The maximum atomic E-state index is 13.5. The van der Waals surface area contributed by atoms with Crippen molar-refractivity contribution in [2.24, 2.45) is 0 Å². The van der Waals surface area contributed by atoms with Crippen LogP contribution in [0.3, 0.4) is 0 Å². The van der Waals surface area contributed by atoms with Crippen molar-refractivity contribution in [2.75, 3.05) is 16.8 Å². The molecule has 1 fully saturated rings. The fourth-order valence-electron chi connectivity index (χ4n) is 2.29. The third kappa shape index (κ3) is 2.56. The van der Waals surface area contributed by atoms with Crippen molar-refractivity contribution in [1.82, 2.24) is 4.98 Å². The Hall–Kier alpha value is -1.63. The van der Waals surface area contributed by atoms with Gasteiger partial charge in [0.2, 0.25) is 0 Å². The van der Waals surface area contributed by atoms with E-state index < -0.39 is 15.7 Å². The van der Waals surface area contributed by atoms with Crippen LogP contribution in [0.1, 0.15) is 12.8 Å². The van der Waals surface area contributed by atoms with Gasteiger partial charge in [0.05, 0.1) is 11.5 Å². The normalized spacial score (nSPS) is 22.5. The van der Waals surface area contributed by atoms with Crippen LogP contribution in [0.15, 0.2) is 22.6 Å². The number of oxazole rings is 1. The summed E-state index contributed by atoms with van der Waals surface area (Å²) in [5, 5.41) is 2.93. The van der Waals surface area contributed by atoms with Gasteiger partial charge in [-0.2, -0.15) is 4.98 Å². The second-order valence-corrected chi connectivity index (χ2v) is 6.93. The summed E-state index contributed by atoms with van der Waals surface area (Å²) in [4.78, 5) is 4.01. The maximum absolute atomic E-state index is 13.5. The summed E-state index contributed by atoms with van der Waals surface area (Å²) in [5.74, 6) is -0.160. The second kappa shape index (κ2) is 4.48. The largest absolute Gasteiger partial charge is 0.423 e. The monoisotopic (exact) mass is 284 g/mol. The van der Waals surface area contributed by atoms with Gasteiger partial charge in [-0.05, 0) is 25.0 Å². The fraction of sp³-hybridized carbons (Fsp3) is 0.417. The van der Waals surface area contributed by atoms with Gasteiger partial charge < -0.3 is 9.73 Å². The minimum atomic E-state index is -3.00. The van der Waals surface area contributed by atoms with Crippen molar-refractivity contribution >= 4 is 27.0 Å². The highest BCUT2D eigenvalue weighted by Crippen LogP contribution is 2.23. The van der Waals surface area contributed by atoms with Crippen LogP contribution < -0.4 is 5.32 Å². The summed E-state index contributed by atoms with van der Waals surface area (Å²) in [6.45, 7) is 0. The molecule has 5 nitrogen and oxygen atoms in total. The topological polar surface area (TPSA) is 72.2 Å². The predicted octanol–water partition coefficient (Wildman–Crippen LogP) is 1.96. The molecule has 0 saturated carbocycles. The van der Waals surface area contributed by atoms with Gasteiger partial charge in [-0.15, -0.1) is 0 Å². The molecule has 0 spiro atoms. The van der Waals surface area contributed by atoms with E-state index in [1.807, 2.05) is 0 Å². The van der Waals surface area contributed by atoms with Gasteiger partial charge in [0, 0.05) is 6.04 Å². The highest BCUT2D eigenvalue weighted by Gasteiger charge is 2.25. The summed E-state index contributed by atoms with van der Waals surface area (Å²) in [7, 11) is -3.00. The summed E-state index contributed by atoms with van der Waals surface area (Å²) in [6.07, 6.45) is 1.36. The third-order valence-electron chi connectivity index (χ3n) is 3.16. The Bertz CT molecular complexity index is 711. The van der Waals surface area contributed by atoms with Gasteiger partial charge in [-0.3, -0.25) is 0 Å². The van der Waals surface area contributed by atoms with E-state index in [4.69, 9.17) is 4.42 Å². The Balaban J connectivity index is 1.84. The van der Waals surface area contributed by atoms with Gasteiger partial charge in [0.1, 0.15) is 5.52 Å². The molecular weight excluding hydrogens is 271 g/mol. The van der Waals surface area contributed by atoms with Crippen LogP contribution in [0.4, 0.5) is 10.4 Å². The van der Waals surface area contributed by atoms with Crippen LogP contribution in [0.5, 0.6) is 0 Å². The number of rotatable bonds is 2. The van der Waals surface area contributed by atoms with Crippen molar-refractivity contribution in [3.05, 3.63) is 24.0 Å². The van der Waals surface area contributed by atoms with E-state index in [2.05, 4.69) is 10.3 Å². The summed E-state index contributed by atoms with van der Waals surface area (Å²) < 4.78 is 41.9. The number of fused-ring (bicyclic) bond motifs is 1. The van der Waals surface area contributed by atoms with Crippen LogP contribution in [0, 0.1) is 5.82 Å². The molecule has 2 heterocycles. The van der Waals surface area contributed by atoms with Gasteiger partial charge >= 0.3 is 0 Å². The van der Waals surface area contributed by atoms with Gasteiger partial charge in [0.25, 0.3) is 6.01 Å². The molecular formula is C12H13FN2O3S. The van der Waals surface area contributed by atoms with Crippen LogP contribution >= 0.6 is 0 Å². The Kier molecular flexibility index (Phi) is 2.93. The van der Waals surface area contributed by atoms with E-state index in [1.165, 1.54) is 12.1 Å². The maximum Gasteiger partial charge on any atom is 0.296 e. The van der Waals surface area contributed by atoms with Crippen molar-refractivity contribution in [3.63, 3.8) is 0 Å². The number of benzene rings is 1. The van der Waals surface area contributed by atoms with Gasteiger partial charge in [0.15, 0.2) is 21.2 Å². The zero-order valence-corrected chi connectivity index (χ0v) is 10.9. The number of sulfone groups is 1. The number of hydrogen-bond donors (Lipinski definition) is 1. The lowest BCUT2D eigenvalue weighted by atomic mass is 10.2. The number of halogens is 1. The molecule has 1 aromatic carbocycles. The first-order chi connectivity index (χ1) is 9.03. The Morgan fingerprint density at radius 2 is 2.26 bits per heavy atom. The number of anilines is 1.